The van der Waals surface area contributed by atoms with Gasteiger partial charge in [-0.25, -0.2) is 0 Å². The standard InChI is InChI=1S/C13H19BrN2O/c1-13(2,8-15-3)9-16-12(17)10-6-4-5-7-11(10)14/h4-7,15H,8-9H2,1-3H3,(H,16,17). The van der Waals surface area contributed by atoms with E-state index in [2.05, 4.69) is 40.4 Å². The van der Waals surface area contributed by atoms with Gasteiger partial charge in [0.15, 0.2) is 0 Å². The van der Waals surface area contributed by atoms with Crippen LogP contribution in [0, 0.1) is 5.41 Å². The number of rotatable bonds is 5. The van der Waals surface area contributed by atoms with E-state index in [4.69, 9.17) is 0 Å². The summed E-state index contributed by atoms with van der Waals surface area (Å²) in [6.07, 6.45) is 0. The van der Waals surface area contributed by atoms with E-state index >= 15 is 0 Å². The second kappa shape index (κ2) is 6.17. The van der Waals surface area contributed by atoms with Gasteiger partial charge >= 0.3 is 0 Å². The molecule has 0 aromatic heterocycles. The third-order valence-electron chi connectivity index (χ3n) is 2.50. The zero-order valence-electron chi connectivity index (χ0n) is 10.5. The summed E-state index contributed by atoms with van der Waals surface area (Å²) in [7, 11) is 1.91. The van der Waals surface area contributed by atoms with Crippen molar-refractivity contribution in [2.75, 3.05) is 20.1 Å². The highest BCUT2D eigenvalue weighted by Crippen LogP contribution is 2.16. The number of amides is 1. The van der Waals surface area contributed by atoms with Crippen molar-refractivity contribution in [2.45, 2.75) is 13.8 Å². The van der Waals surface area contributed by atoms with E-state index in [0.29, 0.717) is 12.1 Å². The maximum absolute atomic E-state index is 12.0. The molecule has 94 valence electrons. The number of carbonyl (C=O) groups is 1. The molecule has 0 fully saturated rings. The van der Waals surface area contributed by atoms with Crippen molar-refractivity contribution >= 4 is 21.8 Å². The van der Waals surface area contributed by atoms with E-state index < -0.39 is 0 Å². The van der Waals surface area contributed by atoms with Crippen LogP contribution in [0.25, 0.3) is 0 Å². The second-order valence-corrected chi connectivity index (χ2v) is 5.71. The lowest BCUT2D eigenvalue weighted by molar-refractivity contribution is 0.0936. The highest BCUT2D eigenvalue weighted by molar-refractivity contribution is 9.10. The Balaban J connectivity index is 2.59. The van der Waals surface area contributed by atoms with Crippen molar-refractivity contribution in [1.82, 2.24) is 10.6 Å². The van der Waals surface area contributed by atoms with Gasteiger partial charge in [-0.05, 0) is 40.5 Å². The Hall–Kier alpha value is -0.870. The fourth-order valence-corrected chi connectivity index (χ4v) is 2.07. The van der Waals surface area contributed by atoms with Crippen molar-refractivity contribution < 1.29 is 4.79 Å². The number of hydrogen-bond donors (Lipinski definition) is 2. The second-order valence-electron chi connectivity index (χ2n) is 4.86. The molecule has 0 aliphatic rings. The molecule has 0 saturated carbocycles. The van der Waals surface area contributed by atoms with Crippen molar-refractivity contribution in [3.63, 3.8) is 0 Å². The van der Waals surface area contributed by atoms with E-state index in [1.54, 1.807) is 0 Å². The molecule has 0 bridgehead atoms. The van der Waals surface area contributed by atoms with E-state index in [0.717, 1.165) is 11.0 Å². The molecular formula is C13H19BrN2O. The highest BCUT2D eigenvalue weighted by atomic mass is 79.9. The lowest BCUT2D eigenvalue weighted by Gasteiger charge is -2.24. The van der Waals surface area contributed by atoms with Crippen LogP contribution in [0.3, 0.4) is 0 Å². The smallest absolute Gasteiger partial charge is 0.252 e. The van der Waals surface area contributed by atoms with E-state index in [-0.39, 0.29) is 11.3 Å². The molecule has 0 radical (unpaired) electrons. The minimum absolute atomic E-state index is 0.0401. The number of halogens is 1. The fraction of sp³-hybridized carbons (Fsp3) is 0.462. The quantitative estimate of drug-likeness (QED) is 0.877. The van der Waals surface area contributed by atoms with Gasteiger partial charge in [0.1, 0.15) is 0 Å². The third-order valence-corrected chi connectivity index (χ3v) is 3.19. The first kappa shape index (κ1) is 14.2. The van der Waals surface area contributed by atoms with Crippen LogP contribution < -0.4 is 10.6 Å². The van der Waals surface area contributed by atoms with Crippen molar-refractivity contribution in [2.24, 2.45) is 5.41 Å². The number of benzene rings is 1. The summed E-state index contributed by atoms with van der Waals surface area (Å²) in [6, 6.07) is 7.43. The van der Waals surface area contributed by atoms with Gasteiger partial charge in [0.2, 0.25) is 0 Å². The molecule has 0 saturated heterocycles. The summed E-state index contributed by atoms with van der Waals surface area (Å²) in [5, 5.41) is 6.08. The number of nitrogens with one attached hydrogen (secondary N) is 2. The first-order valence-electron chi connectivity index (χ1n) is 5.63. The molecule has 0 heterocycles. The summed E-state index contributed by atoms with van der Waals surface area (Å²) in [5.74, 6) is -0.0401. The molecule has 1 rings (SSSR count). The van der Waals surface area contributed by atoms with Crippen molar-refractivity contribution in [3.8, 4) is 0 Å². The first-order chi connectivity index (χ1) is 7.96. The zero-order valence-corrected chi connectivity index (χ0v) is 12.1. The van der Waals surface area contributed by atoms with Gasteiger partial charge < -0.3 is 10.6 Å². The Morgan fingerprint density at radius 3 is 2.53 bits per heavy atom. The van der Waals surface area contributed by atoms with Crippen molar-refractivity contribution in [1.29, 1.82) is 0 Å². The molecule has 1 amide bonds. The molecule has 3 nitrogen and oxygen atoms in total. The minimum Gasteiger partial charge on any atom is -0.351 e. The van der Waals surface area contributed by atoms with Gasteiger partial charge in [-0.15, -0.1) is 0 Å². The van der Waals surface area contributed by atoms with Gasteiger partial charge in [-0.1, -0.05) is 26.0 Å². The van der Waals surface area contributed by atoms with Crippen LogP contribution in [-0.2, 0) is 0 Å². The predicted octanol–water partition coefficient (Wildman–Crippen LogP) is 2.42. The Morgan fingerprint density at radius 2 is 1.94 bits per heavy atom. The Kier molecular flexibility index (Phi) is 5.15. The van der Waals surface area contributed by atoms with Gasteiger partial charge in [-0.3, -0.25) is 4.79 Å². The molecule has 2 N–H and O–H groups in total. The molecule has 0 aliphatic carbocycles. The van der Waals surface area contributed by atoms with Gasteiger partial charge in [0.25, 0.3) is 5.91 Å². The molecule has 0 unspecified atom stereocenters. The van der Waals surface area contributed by atoms with Gasteiger partial charge in [0, 0.05) is 17.6 Å². The van der Waals surface area contributed by atoms with Crippen LogP contribution in [0.4, 0.5) is 0 Å². The van der Waals surface area contributed by atoms with Crippen LogP contribution in [0.5, 0.6) is 0 Å². The summed E-state index contributed by atoms with van der Waals surface area (Å²) in [4.78, 5) is 12.0. The topological polar surface area (TPSA) is 41.1 Å². The first-order valence-corrected chi connectivity index (χ1v) is 6.43. The maximum Gasteiger partial charge on any atom is 0.252 e. The van der Waals surface area contributed by atoms with E-state index in [1.807, 2.05) is 31.3 Å². The zero-order chi connectivity index (χ0) is 12.9. The molecule has 1 aromatic carbocycles. The average Bonchev–Trinajstić information content (AvgIpc) is 2.27. The lowest BCUT2D eigenvalue weighted by Crippen LogP contribution is -2.39. The Morgan fingerprint density at radius 1 is 1.29 bits per heavy atom. The monoisotopic (exact) mass is 298 g/mol. The fourth-order valence-electron chi connectivity index (χ4n) is 1.60. The molecule has 4 heteroatoms. The Labute approximate surface area is 111 Å². The minimum atomic E-state index is -0.0401. The van der Waals surface area contributed by atoms with Crippen LogP contribution in [0.2, 0.25) is 0 Å². The van der Waals surface area contributed by atoms with E-state index in [9.17, 15) is 4.79 Å². The number of carbonyl (C=O) groups excluding carboxylic acids is 1. The van der Waals surface area contributed by atoms with Crippen molar-refractivity contribution in [3.05, 3.63) is 34.3 Å². The lowest BCUT2D eigenvalue weighted by atomic mass is 9.93. The highest BCUT2D eigenvalue weighted by Gasteiger charge is 2.18. The summed E-state index contributed by atoms with van der Waals surface area (Å²) in [6.45, 7) is 5.74. The van der Waals surface area contributed by atoms with Gasteiger partial charge in [0.05, 0.1) is 5.56 Å². The molecule has 0 aliphatic heterocycles. The maximum atomic E-state index is 12.0. The average molecular weight is 299 g/mol. The van der Waals surface area contributed by atoms with Gasteiger partial charge in [-0.2, -0.15) is 0 Å². The summed E-state index contributed by atoms with van der Waals surface area (Å²) >= 11 is 3.37. The SMILES string of the molecule is CNCC(C)(C)CNC(=O)c1ccccc1Br. The van der Waals surface area contributed by atoms with Crippen LogP contribution in [0.1, 0.15) is 24.2 Å². The van der Waals surface area contributed by atoms with Crippen LogP contribution >= 0.6 is 15.9 Å². The summed E-state index contributed by atoms with van der Waals surface area (Å²) < 4.78 is 0.823. The largest absolute Gasteiger partial charge is 0.351 e. The number of hydrogen-bond acceptors (Lipinski definition) is 2. The molecule has 17 heavy (non-hydrogen) atoms. The molecule has 0 spiro atoms. The predicted molar refractivity (Wildman–Crippen MR) is 74.2 cm³/mol. The van der Waals surface area contributed by atoms with Crippen LogP contribution in [0.15, 0.2) is 28.7 Å². The molecular weight excluding hydrogens is 280 g/mol. The summed E-state index contributed by atoms with van der Waals surface area (Å²) in [5.41, 5.74) is 0.721. The molecule has 1 aromatic rings. The van der Waals surface area contributed by atoms with E-state index in [1.165, 1.54) is 0 Å². The Bertz CT molecular complexity index is 391. The third kappa shape index (κ3) is 4.48. The molecule has 0 atom stereocenters. The van der Waals surface area contributed by atoms with Crippen LogP contribution in [-0.4, -0.2) is 26.0 Å². The normalized spacial score (nSPS) is 11.3.